The molecule has 1 unspecified atom stereocenters. The van der Waals surface area contributed by atoms with Crippen molar-refractivity contribution in [3.63, 3.8) is 0 Å². The van der Waals surface area contributed by atoms with E-state index in [0.717, 1.165) is 23.4 Å². The first-order chi connectivity index (χ1) is 13.0. The lowest BCUT2D eigenvalue weighted by Gasteiger charge is -2.13. The fraction of sp³-hybridized carbons (Fsp3) is 0.278. The van der Waals surface area contributed by atoms with Gasteiger partial charge in [0.1, 0.15) is 17.0 Å². The Hall–Kier alpha value is -2.94. The predicted molar refractivity (Wildman–Crippen MR) is 91.7 cm³/mol. The molecular formula is C18H14F3N5O. The summed E-state index contributed by atoms with van der Waals surface area (Å²) in [6.07, 6.45) is -2.08. The number of hydrogen-bond acceptors (Lipinski definition) is 4. The van der Waals surface area contributed by atoms with Crippen LogP contribution in [0.5, 0.6) is 0 Å². The maximum absolute atomic E-state index is 13.2. The molecule has 1 N–H and O–H groups in total. The fourth-order valence-electron chi connectivity index (χ4n) is 3.47. The molecule has 5 rings (SSSR count). The summed E-state index contributed by atoms with van der Waals surface area (Å²) in [5.41, 5.74) is 1.22. The van der Waals surface area contributed by atoms with Crippen molar-refractivity contribution in [1.29, 1.82) is 0 Å². The number of alkyl halides is 3. The van der Waals surface area contributed by atoms with E-state index in [9.17, 15) is 13.2 Å². The third kappa shape index (κ3) is 2.66. The predicted octanol–water partition coefficient (Wildman–Crippen LogP) is 3.82. The van der Waals surface area contributed by atoms with Gasteiger partial charge in [-0.2, -0.15) is 18.3 Å². The van der Waals surface area contributed by atoms with Gasteiger partial charge in [0.2, 0.25) is 0 Å². The number of benzene rings is 1. The van der Waals surface area contributed by atoms with Gasteiger partial charge in [-0.05, 0) is 36.8 Å². The van der Waals surface area contributed by atoms with Gasteiger partial charge in [-0.15, -0.1) is 0 Å². The van der Waals surface area contributed by atoms with Crippen molar-refractivity contribution < 1.29 is 17.9 Å². The van der Waals surface area contributed by atoms with Crippen LogP contribution in [0, 0.1) is 0 Å². The van der Waals surface area contributed by atoms with E-state index in [-0.39, 0.29) is 11.6 Å². The van der Waals surface area contributed by atoms with E-state index in [1.54, 1.807) is 10.8 Å². The minimum atomic E-state index is -4.52. The second kappa shape index (κ2) is 5.78. The molecule has 138 valence electrons. The van der Waals surface area contributed by atoms with Crippen LogP contribution in [-0.4, -0.2) is 37.9 Å². The highest BCUT2D eigenvalue weighted by atomic mass is 19.4. The maximum atomic E-state index is 13.2. The Labute approximate surface area is 151 Å². The van der Waals surface area contributed by atoms with Crippen molar-refractivity contribution in [2.45, 2.75) is 18.5 Å². The van der Waals surface area contributed by atoms with Crippen LogP contribution in [-0.2, 0) is 10.9 Å². The number of ether oxygens (including phenoxy) is 1. The van der Waals surface area contributed by atoms with Crippen LogP contribution in [0.1, 0.15) is 23.9 Å². The Bertz CT molecular complexity index is 1140. The average molecular weight is 373 g/mol. The number of H-pyrrole nitrogens is 1. The number of imidazole rings is 1. The molecule has 1 atom stereocenters. The van der Waals surface area contributed by atoms with Gasteiger partial charge in [0.15, 0.2) is 5.65 Å². The first kappa shape index (κ1) is 16.2. The van der Waals surface area contributed by atoms with Crippen molar-refractivity contribution in [2.24, 2.45) is 0 Å². The first-order valence-electron chi connectivity index (χ1n) is 8.48. The number of halogens is 3. The molecule has 3 aromatic heterocycles. The van der Waals surface area contributed by atoms with Crippen LogP contribution < -0.4 is 0 Å². The van der Waals surface area contributed by atoms with E-state index < -0.39 is 11.9 Å². The number of rotatable bonds is 2. The second-order valence-corrected chi connectivity index (χ2v) is 6.54. The lowest BCUT2D eigenvalue weighted by molar-refractivity contribution is -0.141. The summed E-state index contributed by atoms with van der Waals surface area (Å²) in [6, 6.07) is 7.86. The Kier molecular flexibility index (Phi) is 3.48. The minimum Gasteiger partial charge on any atom is -0.381 e. The molecule has 9 heteroatoms. The van der Waals surface area contributed by atoms with E-state index in [1.807, 2.05) is 18.2 Å². The molecule has 1 aromatic carbocycles. The smallest absolute Gasteiger partial charge is 0.381 e. The number of nitrogens with zero attached hydrogens (tertiary/aromatic N) is 4. The molecule has 0 spiro atoms. The molecule has 0 aliphatic carbocycles. The van der Waals surface area contributed by atoms with Gasteiger partial charge in [-0.25, -0.2) is 9.97 Å². The van der Waals surface area contributed by atoms with Crippen molar-refractivity contribution in [3.8, 4) is 5.69 Å². The molecule has 1 aliphatic rings. The van der Waals surface area contributed by atoms with Crippen LogP contribution in [0.15, 0.2) is 36.5 Å². The quantitative estimate of drug-likeness (QED) is 0.580. The highest BCUT2D eigenvalue weighted by Crippen LogP contribution is 2.33. The number of pyridine rings is 1. The van der Waals surface area contributed by atoms with Gasteiger partial charge >= 0.3 is 6.18 Å². The zero-order chi connectivity index (χ0) is 18.6. The van der Waals surface area contributed by atoms with Crippen LogP contribution in [0.25, 0.3) is 27.8 Å². The molecule has 0 radical (unpaired) electrons. The Balaban J connectivity index is 1.78. The maximum Gasteiger partial charge on any atom is 0.433 e. The molecule has 4 aromatic rings. The molecule has 0 saturated carbocycles. The van der Waals surface area contributed by atoms with Crippen LogP contribution in [0.2, 0.25) is 0 Å². The normalized spacial score (nSPS) is 18.0. The lowest BCUT2D eigenvalue weighted by atomic mass is 10.1. The van der Waals surface area contributed by atoms with Gasteiger partial charge in [0.05, 0.1) is 18.3 Å². The summed E-state index contributed by atoms with van der Waals surface area (Å²) in [7, 11) is 0. The Morgan fingerprint density at radius 2 is 2.04 bits per heavy atom. The molecule has 0 bridgehead atoms. The van der Waals surface area contributed by atoms with Crippen LogP contribution in [0.3, 0.4) is 0 Å². The molecule has 27 heavy (non-hydrogen) atoms. The number of nitrogens with one attached hydrogen (secondary N) is 1. The van der Waals surface area contributed by atoms with E-state index in [0.29, 0.717) is 30.2 Å². The first-order valence-corrected chi connectivity index (χ1v) is 8.48. The zero-order valence-electron chi connectivity index (χ0n) is 14.0. The van der Waals surface area contributed by atoms with Gasteiger partial charge in [-0.3, -0.25) is 9.67 Å². The van der Waals surface area contributed by atoms with Gasteiger partial charge in [0, 0.05) is 23.6 Å². The van der Waals surface area contributed by atoms with E-state index in [1.165, 1.54) is 6.07 Å². The van der Waals surface area contributed by atoms with E-state index in [4.69, 9.17) is 4.74 Å². The largest absolute Gasteiger partial charge is 0.433 e. The van der Waals surface area contributed by atoms with Crippen molar-refractivity contribution in [1.82, 2.24) is 24.7 Å². The molecule has 1 fully saturated rings. The van der Waals surface area contributed by atoms with Crippen molar-refractivity contribution in [2.75, 3.05) is 13.2 Å². The Morgan fingerprint density at radius 3 is 2.81 bits per heavy atom. The summed E-state index contributed by atoms with van der Waals surface area (Å²) < 4.78 is 46.8. The summed E-state index contributed by atoms with van der Waals surface area (Å²) in [6.45, 7) is 1.10. The third-order valence-corrected chi connectivity index (χ3v) is 4.80. The second-order valence-electron chi connectivity index (χ2n) is 6.54. The monoisotopic (exact) mass is 373 g/mol. The topological polar surface area (TPSA) is 68.6 Å². The zero-order valence-corrected chi connectivity index (χ0v) is 14.0. The van der Waals surface area contributed by atoms with Crippen molar-refractivity contribution >= 4 is 22.1 Å². The fourth-order valence-corrected chi connectivity index (χ4v) is 3.47. The summed E-state index contributed by atoms with van der Waals surface area (Å²) in [5, 5.41) is 7.72. The molecule has 0 amide bonds. The van der Waals surface area contributed by atoms with Gasteiger partial charge in [0.25, 0.3) is 0 Å². The minimum absolute atomic E-state index is 0.00795. The van der Waals surface area contributed by atoms with Gasteiger partial charge < -0.3 is 4.74 Å². The SMILES string of the molecule is FC(F)(F)c1ccc2nc(C3CCOC3)n(-c3ccc4[nH]ncc4c3)c2n1. The number of hydrogen-bond donors (Lipinski definition) is 1. The van der Waals surface area contributed by atoms with Crippen LogP contribution in [0.4, 0.5) is 13.2 Å². The molecule has 4 heterocycles. The summed E-state index contributed by atoms with van der Waals surface area (Å²) in [5.74, 6) is 0.672. The van der Waals surface area contributed by atoms with E-state index >= 15 is 0 Å². The lowest BCUT2D eigenvalue weighted by Crippen LogP contribution is -2.10. The highest BCUT2D eigenvalue weighted by molar-refractivity contribution is 5.82. The van der Waals surface area contributed by atoms with E-state index in [2.05, 4.69) is 20.2 Å². The number of aromatic amines is 1. The summed E-state index contributed by atoms with van der Waals surface area (Å²) in [4.78, 5) is 8.49. The van der Waals surface area contributed by atoms with Crippen LogP contribution >= 0.6 is 0 Å². The standard InChI is InChI=1S/C18H14F3N5O/c19-18(20,21)15-4-3-14-17(24-15)26(16(23-14)10-5-6-27-9-10)12-1-2-13-11(7-12)8-22-25-13/h1-4,7-8,10H,5-6,9H2,(H,22,25). The Morgan fingerprint density at radius 1 is 1.15 bits per heavy atom. The number of aromatic nitrogens is 5. The molecule has 1 aliphatic heterocycles. The average Bonchev–Trinajstić information content (AvgIpc) is 3.37. The number of fused-ring (bicyclic) bond motifs is 2. The highest BCUT2D eigenvalue weighted by Gasteiger charge is 2.34. The van der Waals surface area contributed by atoms with Crippen molar-refractivity contribution in [3.05, 3.63) is 48.0 Å². The third-order valence-electron chi connectivity index (χ3n) is 4.80. The molecule has 6 nitrogen and oxygen atoms in total. The molecular weight excluding hydrogens is 359 g/mol. The van der Waals surface area contributed by atoms with Gasteiger partial charge in [-0.1, -0.05) is 0 Å². The molecule has 1 saturated heterocycles. The summed E-state index contributed by atoms with van der Waals surface area (Å²) >= 11 is 0.